The van der Waals surface area contributed by atoms with Gasteiger partial charge in [0.1, 0.15) is 36.6 Å². The lowest BCUT2D eigenvalue weighted by Gasteiger charge is -2.40. The zero-order valence-electron chi connectivity index (χ0n) is 33.2. The topological polar surface area (TPSA) is 189 Å². The fraction of sp³-hybridized carbons (Fsp3) is 0.976. The number of rotatable bonds is 34. The highest BCUT2D eigenvalue weighted by Crippen LogP contribution is 2.23. The van der Waals surface area contributed by atoms with Crippen molar-refractivity contribution >= 4 is 5.91 Å². The molecule has 9 atom stereocenters. The number of nitrogens with one attached hydrogen (secondary N) is 1. The van der Waals surface area contributed by atoms with Crippen molar-refractivity contribution in [3.63, 3.8) is 0 Å². The molecular formula is C41H81NO10. The summed E-state index contributed by atoms with van der Waals surface area (Å²) in [5, 5.41) is 75.4. The molecule has 0 bridgehead atoms. The number of hydrogen-bond donors (Lipinski definition) is 8. The van der Waals surface area contributed by atoms with Crippen LogP contribution in [0.4, 0.5) is 0 Å². The molecule has 1 saturated heterocycles. The SMILES string of the molecule is CCCCCCCCCCCCCCC[C@@H](O)C(=O)N[C@@H](CO[C@@H]1O[C@H](CO)[C@@H](O)[C@H](O)[C@H]1O)[C@H](O)[C@H](O)CCCCCCCCCCCC(C)C. The third-order valence-corrected chi connectivity index (χ3v) is 10.6. The number of ether oxygens (including phenoxy) is 2. The van der Waals surface area contributed by atoms with Gasteiger partial charge in [-0.15, -0.1) is 0 Å². The van der Waals surface area contributed by atoms with Crippen molar-refractivity contribution in [1.29, 1.82) is 0 Å². The smallest absolute Gasteiger partial charge is 0.249 e. The van der Waals surface area contributed by atoms with E-state index in [9.17, 15) is 40.5 Å². The largest absolute Gasteiger partial charge is 0.394 e. The molecule has 1 rings (SSSR count). The molecule has 0 aliphatic carbocycles. The van der Waals surface area contributed by atoms with Gasteiger partial charge in [-0.25, -0.2) is 0 Å². The third-order valence-electron chi connectivity index (χ3n) is 10.6. The van der Waals surface area contributed by atoms with Gasteiger partial charge in [0.05, 0.1) is 25.4 Å². The van der Waals surface area contributed by atoms with Crippen LogP contribution in [0, 0.1) is 5.92 Å². The summed E-state index contributed by atoms with van der Waals surface area (Å²) in [6, 6.07) is -1.16. The molecule has 52 heavy (non-hydrogen) atoms. The minimum atomic E-state index is -1.66. The zero-order valence-corrected chi connectivity index (χ0v) is 33.2. The number of aliphatic hydroxyl groups is 7. The summed E-state index contributed by atoms with van der Waals surface area (Å²) in [6.07, 6.45) is 15.9. The first-order valence-corrected chi connectivity index (χ1v) is 21.3. The highest BCUT2D eigenvalue weighted by atomic mass is 16.7. The standard InChI is InChI=1S/C41H81NO10/c1-4-5-6-7-8-9-10-11-12-15-19-22-25-28-34(45)40(50)42-32(30-51-41-39(49)38(48)37(47)35(29-43)52-41)36(46)33(44)27-24-21-18-16-13-14-17-20-23-26-31(2)3/h31-39,41,43-49H,4-30H2,1-3H3,(H,42,50)/t32-,33+,34+,35+,36-,37+,38-,39+,41+/m0/s1. The second-order valence-electron chi connectivity index (χ2n) is 15.9. The van der Waals surface area contributed by atoms with E-state index in [4.69, 9.17) is 9.47 Å². The second kappa shape index (κ2) is 31.3. The van der Waals surface area contributed by atoms with Crippen molar-refractivity contribution in [3.8, 4) is 0 Å². The zero-order chi connectivity index (χ0) is 38.6. The molecule has 0 unspecified atom stereocenters. The van der Waals surface area contributed by atoms with E-state index in [2.05, 4.69) is 26.1 Å². The fourth-order valence-corrected chi connectivity index (χ4v) is 6.98. The monoisotopic (exact) mass is 748 g/mol. The Kier molecular flexibility index (Phi) is 29.6. The van der Waals surface area contributed by atoms with Gasteiger partial charge < -0.3 is 50.5 Å². The first-order chi connectivity index (χ1) is 25.0. The summed E-state index contributed by atoms with van der Waals surface area (Å²) >= 11 is 0. The predicted molar refractivity (Wildman–Crippen MR) is 206 cm³/mol. The first-order valence-electron chi connectivity index (χ1n) is 21.3. The van der Waals surface area contributed by atoms with E-state index < -0.39 is 74.2 Å². The average Bonchev–Trinajstić information content (AvgIpc) is 3.13. The lowest BCUT2D eigenvalue weighted by molar-refractivity contribution is -0.303. The van der Waals surface area contributed by atoms with Crippen molar-refractivity contribution in [2.75, 3.05) is 13.2 Å². The lowest BCUT2D eigenvalue weighted by atomic mass is 9.98. The Morgan fingerprint density at radius 1 is 0.635 bits per heavy atom. The molecule has 11 nitrogen and oxygen atoms in total. The van der Waals surface area contributed by atoms with Crippen molar-refractivity contribution in [1.82, 2.24) is 5.32 Å². The quantitative estimate of drug-likeness (QED) is 0.0374. The molecule has 1 fully saturated rings. The molecule has 1 aliphatic rings. The number of unbranched alkanes of at least 4 members (excludes halogenated alkanes) is 20. The highest BCUT2D eigenvalue weighted by Gasteiger charge is 2.44. The Labute approximate surface area is 316 Å². The molecule has 0 aromatic carbocycles. The Bertz CT molecular complexity index is 833. The molecule has 0 radical (unpaired) electrons. The van der Waals surface area contributed by atoms with Crippen LogP contribution in [0.3, 0.4) is 0 Å². The van der Waals surface area contributed by atoms with Crippen LogP contribution in [-0.2, 0) is 14.3 Å². The van der Waals surface area contributed by atoms with Gasteiger partial charge in [0.25, 0.3) is 0 Å². The summed E-state index contributed by atoms with van der Waals surface area (Å²) in [5.74, 6) is 0.0672. The van der Waals surface area contributed by atoms with Crippen LogP contribution in [0.5, 0.6) is 0 Å². The van der Waals surface area contributed by atoms with Crippen LogP contribution in [-0.4, -0.2) is 110 Å². The molecule has 310 valence electrons. The Morgan fingerprint density at radius 2 is 1.08 bits per heavy atom. The maximum Gasteiger partial charge on any atom is 0.249 e. The summed E-state index contributed by atoms with van der Waals surface area (Å²) < 4.78 is 11.1. The maximum atomic E-state index is 13.0. The lowest BCUT2D eigenvalue weighted by Crippen LogP contribution is -2.60. The van der Waals surface area contributed by atoms with Crippen LogP contribution >= 0.6 is 0 Å². The van der Waals surface area contributed by atoms with Crippen molar-refractivity contribution in [3.05, 3.63) is 0 Å². The number of aliphatic hydroxyl groups excluding tert-OH is 7. The van der Waals surface area contributed by atoms with E-state index >= 15 is 0 Å². The van der Waals surface area contributed by atoms with Gasteiger partial charge in [-0.3, -0.25) is 4.79 Å². The number of carbonyl (C=O) groups is 1. The number of carbonyl (C=O) groups excluding carboxylic acids is 1. The Hall–Kier alpha value is -0.890. The summed E-state index contributed by atoms with van der Waals surface area (Å²) in [7, 11) is 0. The molecule has 0 aromatic heterocycles. The molecule has 1 heterocycles. The van der Waals surface area contributed by atoms with Crippen LogP contribution in [0.15, 0.2) is 0 Å². The van der Waals surface area contributed by atoms with Gasteiger partial charge in [0.15, 0.2) is 6.29 Å². The van der Waals surface area contributed by atoms with Gasteiger partial charge in [0, 0.05) is 0 Å². The molecule has 8 N–H and O–H groups in total. The van der Waals surface area contributed by atoms with E-state index in [1.807, 2.05) is 0 Å². The van der Waals surface area contributed by atoms with Crippen LogP contribution in [0.2, 0.25) is 0 Å². The number of hydrogen-bond acceptors (Lipinski definition) is 10. The summed E-state index contributed by atoms with van der Waals surface area (Å²) in [5.41, 5.74) is 0. The fourth-order valence-electron chi connectivity index (χ4n) is 6.98. The summed E-state index contributed by atoms with van der Waals surface area (Å²) in [4.78, 5) is 13.0. The first kappa shape index (κ1) is 49.1. The molecule has 0 aromatic rings. The van der Waals surface area contributed by atoms with Crippen LogP contribution in [0.1, 0.15) is 181 Å². The molecule has 0 saturated carbocycles. The normalized spacial score (nSPS) is 23.1. The Balaban J connectivity index is 2.52. The Morgan fingerprint density at radius 3 is 1.54 bits per heavy atom. The van der Waals surface area contributed by atoms with E-state index in [1.54, 1.807) is 0 Å². The van der Waals surface area contributed by atoms with Gasteiger partial charge in [-0.05, 0) is 18.8 Å². The predicted octanol–water partition coefficient (Wildman–Crippen LogP) is 5.80. The van der Waals surface area contributed by atoms with Gasteiger partial charge in [-0.2, -0.15) is 0 Å². The molecular weight excluding hydrogens is 666 g/mol. The minimum Gasteiger partial charge on any atom is -0.394 e. The van der Waals surface area contributed by atoms with Gasteiger partial charge >= 0.3 is 0 Å². The van der Waals surface area contributed by atoms with Crippen LogP contribution < -0.4 is 5.32 Å². The van der Waals surface area contributed by atoms with Crippen molar-refractivity contribution < 1.29 is 50.0 Å². The second-order valence-corrected chi connectivity index (χ2v) is 15.9. The highest BCUT2D eigenvalue weighted by molar-refractivity contribution is 5.80. The van der Waals surface area contributed by atoms with E-state index in [0.717, 1.165) is 44.4 Å². The van der Waals surface area contributed by atoms with Gasteiger partial charge in [-0.1, -0.05) is 168 Å². The van der Waals surface area contributed by atoms with Crippen molar-refractivity contribution in [2.24, 2.45) is 5.92 Å². The van der Waals surface area contributed by atoms with E-state index in [1.165, 1.54) is 96.3 Å². The van der Waals surface area contributed by atoms with Gasteiger partial charge in [0.2, 0.25) is 5.91 Å². The summed E-state index contributed by atoms with van der Waals surface area (Å²) in [6.45, 7) is 5.71. The molecule has 1 amide bonds. The molecule has 11 heteroatoms. The average molecular weight is 748 g/mol. The van der Waals surface area contributed by atoms with Crippen molar-refractivity contribution in [2.45, 2.75) is 236 Å². The minimum absolute atomic E-state index is 0.264. The van der Waals surface area contributed by atoms with E-state index in [0.29, 0.717) is 19.3 Å². The number of amides is 1. The van der Waals surface area contributed by atoms with E-state index in [-0.39, 0.29) is 6.42 Å². The maximum absolute atomic E-state index is 13.0. The third kappa shape index (κ3) is 22.5. The van der Waals surface area contributed by atoms with Crippen LogP contribution in [0.25, 0.3) is 0 Å². The molecule has 1 aliphatic heterocycles. The molecule has 0 spiro atoms.